The van der Waals surface area contributed by atoms with Crippen molar-refractivity contribution in [2.45, 2.75) is 0 Å². The van der Waals surface area contributed by atoms with Gasteiger partial charge < -0.3 is 9.80 Å². The normalized spacial score (nSPS) is 10.4. The zero-order valence-electron chi connectivity index (χ0n) is 10.2. The van der Waals surface area contributed by atoms with E-state index in [0.29, 0.717) is 5.95 Å². The third-order valence-electron chi connectivity index (χ3n) is 2.23. The number of hydrogen-bond donors (Lipinski definition) is 2. The van der Waals surface area contributed by atoms with Crippen molar-refractivity contribution in [1.82, 2.24) is 20.3 Å². The van der Waals surface area contributed by atoms with Crippen LogP contribution >= 0.6 is 0 Å². The Morgan fingerprint density at radius 2 is 1.88 bits per heavy atom. The molecule has 1 amide bonds. The van der Waals surface area contributed by atoms with E-state index in [1.165, 1.54) is 17.9 Å². The monoisotopic (exact) mass is 239 g/mol. The molecule has 2 N–H and O–H groups in total. The fraction of sp³-hybridized carbons (Fsp3) is 0.500. The first-order valence-corrected chi connectivity index (χ1v) is 5.17. The molecular formula is C10H17N5O2. The predicted molar refractivity (Wildman–Crippen MR) is 63.1 cm³/mol. The number of hydroxylamine groups is 1. The van der Waals surface area contributed by atoms with Crippen LogP contribution in [0.1, 0.15) is 10.4 Å². The van der Waals surface area contributed by atoms with Gasteiger partial charge in [0.25, 0.3) is 5.91 Å². The molecule has 0 atom stereocenters. The summed E-state index contributed by atoms with van der Waals surface area (Å²) in [5.41, 5.74) is 1.75. The highest BCUT2D eigenvalue weighted by Crippen LogP contribution is 2.04. The fourth-order valence-corrected chi connectivity index (χ4v) is 1.15. The Bertz CT molecular complexity index is 365. The number of hydrogen-bond acceptors (Lipinski definition) is 6. The summed E-state index contributed by atoms with van der Waals surface area (Å²) in [6.45, 7) is 1.68. The predicted octanol–water partition coefficient (Wildman–Crippen LogP) is -0.407. The van der Waals surface area contributed by atoms with E-state index in [1.54, 1.807) is 0 Å². The van der Waals surface area contributed by atoms with E-state index in [1.807, 2.05) is 26.0 Å². The van der Waals surface area contributed by atoms with Gasteiger partial charge in [-0.25, -0.2) is 15.4 Å². The number of likely N-dealkylation sites (N-methyl/N-ethyl adjacent to an activating group) is 2. The van der Waals surface area contributed by atoms with Crippen LogP contribution in [0.15, 0.2) is 12.4 Å². The minimum Gasteiger partial charge on any atom is -0.343 e. The van der Waals surface area contributed by atoms with Crippen LogP contribution in [-0.2, 0) is 0 Å². The van der Waals surface area contributed by atoms with Crippen molar-refractivity contribution in [3.05, 3.63) is 18.0 Å². The first-order chi connectivity index (χ1) is 8.04. The third kappa shape index (κ3) is 3.97. The highest BCUT2D eigenvalue weighted by Gasteiger charge is 2.08. The van der Waals surface area contributed by atoms with Crippen LogP contribution in [0.5, 0.6) is 0 Å². The molecule has 0 spiro atoms. The first kappa shape index (κ1) is 13.3. The average molecular weight is 239 g/mol. The Hall–Kier alpha value is -1.73. The maximum absolute atomic E-state index is 11.0. The van der Waals surface area contributed by atoms with E-state index in [-0.39, 0.29) is 5.56 Å². The molecule has 7 heteroatoms. The lowest BCUT2D eigenvalue weighted by atomic mass is 10.3. The molecule has 0 aliphatic rings. The Morgan fingerprint density at radius 3 is 2.35 bits per heavy atom. The standard InChI is InChI=1S/C10H17N5O2/c1-14(2)4-5-15(3)10-11-6-8(7-12-10)9(16)13-17/h6-7,17H,4-5H2,1-3H3,(H,13,16). The molecule has 0 aromatic carbocycles. The second-order valence-electron chi connectivity index (χ2n) is 3.94. The Balaban J connectivity index is 2.63. The van der Waals surface area contributed by atoms with Crippen molar-refractivity contribution in [1.29, 1.82) is 0 Å². The minimum absolute atomic E-state index is 0.220. The Kier molecular flexibility index (Phi) is 4.80. The van der Waals surface area contributed by atoms with Gasteiger partial charge in [-0.15, -0.1) is 0 Å². The van der Waals surface area contributed by atoms with Gasteiger partial charge in [0.1, 0.15) is 0 Å². The molecule has 1 aromatic rings. The molecule has 0 aliphatic carbocycles. The lowest BCUT2D eigenvalue weighted by Crippen LogP contribution is -2.29. The van der Waals surface area contributed by atoms with Gasteiger partial charge in [0, 0.05) is 32.5 Å². The number of carbonyl (C=O) groups excluding carboxylic acids is 1. The Labute approximate surface area is 100 Å². The first-order valence-electron chi connectivity index (χ1n) is 5.17. The van der Waals surface area contributed by atoms with Crippen LogP contribution in [0.4, 0.5) is 5.95 Å². The summed E-state index contributed by atoms with van der Waals surface area (Å²) < 4.78 is 0. The minimum atomic E-state index is -0.618. The number of anilines is 1. The van der Waals surface area contributed by atoms with Crippen LogP contribution in [0.2, 0.25) is 0 Å². The summed E-state index contributed by atoms with van der Waals surface area (Å²) in [6.07, 6.45) is 2.75. The lowest BCUT2D eigenvalue weighted by molar-refractivity contribution is 0.0705. The number of aromatic nitrogens is 2. The summed E-state index contributed by atoms with van der Waals surface area (Å²) in [5, 5.41) is 8.44. The van der Waals surface area contributed by atoms with E-state index in [9.17, 15) is 4.79 Å². The summed E-state index contributed by atoms with van der Waals surface area (Å²) in [6, 6.07) is 0. The van der Waals surface area contributed by atoms with Crippen molar-refractivity contribution in [2.24, 2.45) is 0 Å². The number of nitrogens with zero attached hydrogens (tertiary/aromatic N) is 4. The van der Waals surface area contributed by atoms with Gasteiger partial charge in [0.05, 0.1) is 5.56 Å². The zero-order valence-corrected chi connectivity index (χ0v) is 10.2. The van der Waals surface area contributed by atoms with Crippen molar-refractivity contribution in [3.63, 3.8) is 0 Å². The quantitative estimate of drug-likeness (QED) is 0.537. The maximum atomic E-state index is 11.0. The van der Waals surface area contributed by atoms with Gasteiger partial charge in [-0.2, -0.15) is 0 Å². The van der Waals surface area contributed by atoms with Crippen LogP contribution in [0, 0.1) is 0 Å². The molecule has 0 radical (unpaired) electrons. The number of rotatable bonds is 5. The molecule has 17 heavy (non-hydrogen) atoms. The van der Waals surface area contributed by atoms with Crippen LogP contribution < -0.4 is 10.4 Å². The van der Waals surface area contributed by atoms with Crippen molar-refractivity contribution < 1.29 is 10.0 Å². The van der Waals surface area contributed by atoms with Gasteiger partial charge in [0.15, 0.2) is 0 Å². The van der Waals surface area contributed by atoms with Crippen LogP contribution in [-0.4, -0.2) is 60.2 Å². The zero-order chi connectivity index (χ0) is 12.8. The molecule has 7 nitrogen and oxygen atoms in total. The molecule has 0 saturated carbocycles. The van der Waals surface area contributed by atoms with Crippen LogP contribution in [0.3, 0.4) is 0 Å². The summed E-state index contributed by atoms with van der Waals surface area (Å²) in [7, 11) is 5.86. The second kappa shape index (κ2) is 6.12. The molecule has 1 rings (SSSR count). The molecule has 0 saturated heterocycles. The molecule has 0 unspecified atom stereocenters. The summed E-state index contributed by atoms with van der Waals surface area (Å²) >= 11 is 0. The smallest absolute Gasteiger partial charge is 0.277 e. The van der Waals surface area contributed by atoms with Gasteiger partial charge in [-0.1, -0.05) is 0 Å². The van der Waals surface area contributed by atoms with Gasteiger partial charge in [0.2, 0.25) is 5.95 Å². The van der Waals surface area contributed by atoms with Crippen LogP contribution in [0.25, 0.3) is 0 Å². The molecule has 0 bridgehead atoms. The molecule has 0 fully saturated rings. The fourth-order valence-electron chi connectivity index (χ4n) is 1.15. The van der Waals surface area contributed by atoms with E-state index in [2.05, 4.69) is 14.9 Å². The number of carbonyl (C=O) groups is 1. The molecule has 94 valence electrons. The van der Waals surface area contributed by atoms with E-state index < -0.39 is 5.91 Å². The van der Waals surface area contributed by atoms with E-state index in [4.69, 9.17) is 5.21 Å². The third-order valence-corrected chi connectivity index (χ3v) is 2.23. The summed E-state index contributed by atoms with van der Waals surface area (Å²) in [4.78, 5) is 23.1. The van der Waals surface area contributed by atoms with Gasteiger partial charge in [-0.3, -0.25) is 10.0 Å². The lowest BCUT2D eigenvalue weighted by Gasteiger charge is -2.19. The summed E-state index contributed by atoms with van der Waals surface area (Å²) in [5.74, 6) is -0.0752. The van der Waals surface area contributed by atoms with Crippen molar-refractivity contribution in [3.8, 4) is 0 Å². The van der Waals surface area contributed by atoms with E-state index in [0.717, 1.165) is 13.1 Å². The topological polar surface area (TPSA) is 81.6 Å². The molecular weight excluding hydrogens is 222 g/mol. The van der Waals surface area contributed by atoms with Gasteiger partial charge in [-0.05, 0) is 14.1 Å². The largest absolute Gasteiger partial charge is 0.343 e. The highest BCUT2D eigenvalue weighted by atomic mass is 16.5. The molecule has 0 aliphatic heterocycles. The van der Waals surface area contributed by atoms with E-state index >= 15 is 0 Å². The van der Waals surface area contributed by atoms with Crippen molar-refractivity contribution >= 4 is 11.9 Å². The SMILES string of the molecule is CN(C)CCN(C)c1ncc(C(=O)NO)cn1. The Morgan fingerprint density at radius 1 is 1.29 bits per heavy atom. The second-order valence-corrected chi connectivity index (χ2v) is 3.94. The van der Waals surface area contributed by atoms with Gasteiger partial charge >= 0.3 is 0 Å². The molecule has 1 aromatic heterocycles. The maximum Gasteiger partial charge on any atom is 0.277 e. The van der Waals surface area contributed by atoms with Crippen molar-refractivity contribution in [2.75, 3.05) is 39.1 Å². The molecule has 1 heterocycles. The average Bonchev–Trinajstić information content (AvgIpc) is 2.35. The number of nitrogens with one attached hydrogen (secondary N) is 1. The highest BCUT2D eigenvalue weighted by molar-refractivity contribution is 5.92. The number of amides is 1.